The quantitative estimate of drug-likeness (QED) is 0.573. The van der Waals surface area contributed by atoms with E-state index in [1.54, 1.807) is 20.8 Å². The van der Waals surface area contributed by atoms with Crippen LogP contribution in [0.25, 0.3) is 0 Å². The Bertz CT molecular complexity index is 668. The Kier molecular flexibility index (Phi) is 5.50. The molecule has 0 unspecified atom stereocenters. The highest BCUT2D eigenvalue weighted by Crippen LogP contribution is 2.06. The maximum Gasteiger partial charge on any atom is 0.407 e. The fourth-order valence-electron chi connectivity index (χ4n) is 1.70. The smallest absolute Gasteiger partial charge is 0.407 e. The van der Waals surface area contributed by atoms with Gasteiger partial charge < -0.3 is 20.1 Å². The number of nitrogens with one attached hydrogen (secondary N) is 3. The summed E-state index contributed by atoms with van der Waals surface area (Å²) in [5, 5.41) is 11.5. The number of amides is 1. The van der Waals surface area contributed by atoms with Gasteiger partial charge in [0.2, 0.25) is 0 Å². The van der Waals surface area contributed by atoms with Crippen LogP contribution in [0.3, 0.4) is 0 Å². The summed E-state index contributed by atoms with van der Waals surface area (Å²) in [6.45, 7) is 5.38. The van der Waals surface area contributed by atoms with E-state index in [1.165, 1.54) is 0 Å². The molecule has 0 bridgehead atoms. The zero-order chi connectivity index (χ0) is 16.9. The third kappa shape index (κ3) is 5.43. The van der Waals surface area contributed by atoms with Crippen molar-refractivity contribution in [2.45, 2.75) is 39.2 Å². The van der Waals surface area contributed by atoms with Gasteiger partial charge in [0, 0.05) is 12.1 Å². The highest BCUT2D eigenvalue weighted by Gasteiger charge is 2.17. The van der Waals surface area contributed by atoms with Crippen molar-refractivity contribution in [3.8, 4) is 0 Å². The number of ether oxygens (including phenoxy) is 1. The van der Waals surface area contributed by atoms with Crippen LogP contribution < -0.4 is 16.6 Å². The number of hydrogen-bond acceptors (Lipinski definition) is 5. The first-order valence-electron chi connectivity index (χ1n) is 6.66. The van der Waals surface area contributed by atoms with E-state index in [0.29, 0.717) is 6.42 Å². The molecule has 1 amide bonds. The summed E-state index contributed by atoms with van der Waals surface area (Å²) in [5.74, 6) is -1.39. The minimum absolute atomic E-state index is 0.0434. The van der Waals surface area contributed by atoms with Gasteiger partial charge in [-0.05, 0) is 33.6 Å². The van der Waals surface area contributed by atoms with Crippen molar-refractivity contribution in [2.24, 2.45) is 0 Å². The molecular formula is C13H19N3O6. The number of aromatic nitrogens is 2. The van der Waals surface area contributed by atoms with Gasteiger partial charge in [-0.1, -0.05) is 0 Å². The summed E-state index contributed by atoms with van der Waals surface area (Å²) in [7, 11) is 0. The average molecular weight is 313 g/mol. The van der Waals surface area contributed by atoms with Crippen molar-refractivity contribution in [1.29, 1.82) is 0 Å². The van der Waals surface area contributed by atoms with E-state index < -0.39 is 34.6 Å². The van der Waals surface area contributed by atoms with Crippen LogP contribution in [0, 0.1) is 0 Å². The van der Waals surface area contributed by atoms with Crippen LogP contribution in [-0.4, -0.2) is 39.3 Å². The minimum atomic E-state index is -1.39. The van der Waals surface area contributed by atoms with Gasteiger partial charge in [0.25, 0.3) is 5.56 Å². The highest BCUT2D eigenvalue weighted by molar-refractivity contribution is 5.86. The molecule has 0 saturated heterocycles. The van der Waals surface area contributed by atoms with Crippen LogP contribution in [0.4, 0.5) is 4.79 Å². The Labute approximate surface area is 125 Å². The third-order valence-electron chi connectivity index (χ3n) is 2.53. The Balaban J connectivity index is 2.63. The van der Waals surface area contributed by atoms with E-state index in [9.17, 15) is 19.2 Å². The lowest BCUT2D eigenvalue weighted by molar-refractivity contribution is 0.0526. The van der Waals surface area contributed by atoms with Crippen molar-refractivity contribution in [1.82, 2.24) is 15.3 Å². The minimum Gasteiger partial charge on any atom is -0.477 e. The molecule has 1 aromatic heterocycles. The zero-order valence-corrected chi connectivity index (χ0v) is 12.6. The topological polar surface area (TPSA) is 141 Å². The van der Waals surface area contributed by atoms with Gasteiger partial charge in [0.05, 0.1) is 0 Å². The molecule has 0 radical (unpaired) electrons. The second-order valence-corrected chi connectivity index (χ2v) is 5.60. The first-order chi connectivity index (χ1) is 10.1. The third-order valence-corrected chi connectivity index (χ3v) is 2.53. The molecule has 0 fully saturated rings. The van der Waals surface area contributed by atoms with Gasteiger partial charge in [-0.2, -0.15) is 0 Å². The number of carbonyl (C=O) groups is 2. The molecule has 0 aromatic carbocycles. The Morgan fingerprint density at radius 3 is 2.41 bits per heavy atom. The summed E-state index contributed by atoms with van der Waals surface area (Å²) >= 11 is 0. The Hall–Kier alpha value is -2.58. The number of aromatic carboxylic acids is 1. The van der Waals surface area contributed by atoms with Crippen molar-refractivity contribution in [3.05, 3.63) is 32.1 Å². The highest BCUT2D eigenvalue weighted by atomic mass is 16.6. The lowest BCUT2D eigenvalue weighted by Crippen LogP contribution is -2.34. The van der Waals surface area contributed by atoms with Crippen molar-refractivity contribution in [3.63, 3.8) is 0 Å². The van der Waals surface area contributed by atoms with Gasteiger partial charge >= 0.3 is 17.8 Å². The molecule has 122 valence electrons. The summed E-state index contributed by atoms with van der Waals surface area (Å²) < 4.78 is 5.03. The number of carboxylic acid groups (broad SMARTS) is 1. The number of hydrogen-bond donors (Lipinski definition) is 4. The molecular weight excluding hydrogens is 294 g/mol. The summed E-state index contributed by atoms with van der Waals surface area (Å²) in [6, 6.07) is 0. The Morgan fingerprint density at radius 1 is 1.23 bits per heavy atom. The van der Waals surface area contributed by atoms with Gasteiger partial charge in [-0.15, -0.1) is 0 Å². The van der Waals surface area contributed by atoms with Gasteiger partial charge in [-0.3, -0.25) is 9.78 Å². The summed E-state index contributed by atoms with van der Waals surface area (Å²) in [6.07, 6.45) is -0.195. The molecule has 9 heteroatoms. The van der Waals surface area contributed by atoms with E-state index in [4.69, 9.17) is 9.84 Å². The maximum atomic E-state index is 11.6. The SMILES string of the molecule is CC(C)(C)OC(=O)NCCCc1c(C(=O)O)[nH]c(=O)[nH]c1=O. The molecule has 0 aliphatic rings. The van der Waals surface area contributed by atoms with Crippen molar-refractivity contribution >= 4 is 12.1 Å². The number of H-pyrrole nitrogens is 2. The molecule has 1 aromatic rings. The molecule has 0 aliphatic heterocycles. The van der Waals surface area contributed by atoms with E-state index >= 15 is 0 Å². The number of rotatable bonds is 5. The van der Waals surface area contributed by atoms with Crippen LogP contribution in [0.5, 0.6) is 0 Å². The van der Waals surface area contributed by atoms with Crippen LogP contribution >= 0.6 is 0 Å². The normalized spacial score (nSPS) is 11.0. The second-order valence-electron chi connectivity index (χ2n) is 5.60. The van der Waals surface area contributed by atoms with E-state index in [-0.39, 0.29) is 18.5 Å². The lowest BCUT2D eigenvalue weighted by atomic mass is 10.1. The molecule has 0 aliphatic carbocycles. The molecule has 0 spiro atoms. The van der Waals surface area contributed by atoms with Gasteiger partial charge in [0.15, 0.2) is 0 Å². The first-order valence-corrected chi connectivity index (χ1v) is 6.66. The maximum absolute atomic E-state index is 11.6. The number of carboxylic acids is 1. The fraction of sp³-hybridized carbons (Fsp3) is 0.538. The largest absolute Gasteiger partial charge is 0.477 e. The summed E-state index contributed by atoms with van der Waals surface area (Å²) in [4.78, 5) is 49.2. The second kappa shape index (κ2) is 6.92. The molecule has 1 rings (SSSR count). The lowest BCUT2D eigenvalue weighted by Gasteiger charge is -2.19. The van der Waals surface area contributed by atoms with Gasteiger partial charge in [-0.25, -0.2) is 14.4 Å². The monoisotopic (exact) mass is 313 g/mol. The van der Waals surface area contributed by atoms with E-state index in [0.717, 1.165) is 0 Å². The number of aromatic amines is 2. The summed E-state index contributed by atoms with van der Waals surface area (Å²) in [5.41, 5.74) is -2.73. The van der Waals surface area contributed by atoms with Gasteiger partial charge in [0.1, 0.15) is 11.3 Å². The van der Waals surface area contributed by atoms with E-state index in [1.807, 2.05) is 4.98 Å². The predicted molar refractivity (Wildman–Crippen MR) is 77.2 cm³/mol. The molecule has 1 heterocycles. The van der Waals surface area contributed by atoms with Crippen LogP contribution in [0.15, 0.2) is 9.59 Å². The first kappa shape index (κ1) is 17.5. The average Bonchev–Trinajstić information content (AvgIpc) is 2.33. The molecule has 9 nitrogen and oxygen atoms in total. The van der Waals surface area contributed by atoms with Crippen LogP contribution in [0.1, 0.15) is 43.2 Å². The standard InChI is InChI=1S/C13H19N3O6/c1-13(2,3)22-12(21)14-6-4-5-7-8(10(18)19)15-11(20)16-9(7)17/h4-6H2,1-3H3,(H,14,21)(H,18,19)(H2,15,16,17,20). The van der Waals surface area contributed by atoms with Crippen LogP contribution in [-0.2, 0) is 11.2 Å². The van der Waals surface area contributed by atoms with Crippen molar-refractivity contribution in [2.75, 3.05) is 6.54 Å². The molecule has 4 N–H and O–H groups in total. The molecule has 22 heavy (non-hydrogen) atoms. The predicted octanol–water partition coefficient (Wildman–Crippen LogP) is 0.219. The number of alkyl carbamates (subject to hydrolysis) is 1. The van der Waals surface area contributed by atoms with Crippen molar-refractivity contribution < 1.29 is 19.4 Å². The number of carbonyl (C=O) groups excluding carboxylic acids is 1. The Morgan fingerprint density at radius 2 is 1.86 bits per heavy atom. The fourth-order valence-corrected chi connectivity index (χ4v) is 1.70. The van der Waals surface area contributed by atoms with Crippen LogP contribution in [0.2, 0.25) is 0 Å². The zero-order valence-electron chi connectivity index (χ0n) is 12.6. The molecule has 0 atom stereocenters. The van der Waals surface area contributed by atoms with E-state index in [2.05, 4.69) is 10.3 Å². The molecule has 0 saturated carbocycles.